The van der Waals surface area contributed by atoms with Gasteiger partial charge in [-0.25, -0.2) is 0 Å². The van der Waals surface area contributed by atoms with Crippen molar-refractivity contribution in [2.45, 2.75) is 40.2 Å². The van der Waals surface area contributed by atoms with Gasteiger partial charge in [0.25, 0.3) is 0 Å². The van der Waals surface area contributed by atoms with Crippen LogP contribution in [-0.4, -0.2) is 18.3 Å². The summed E-state index contributed by atoms with van der Waals surface area (Å²) in [7, 11) is 0. The van der Waals surface area contributed by atoms with E-state index in [0.717, 1.165) is 29.2 Å². The summed E-state index contributed by atoms with van der Waals surface area (Å²) in [6.07, 6.45) is 1.03. The summed E-state index contributed by atoms with van der Waals surface area (Å²) in [5, 5.41) is 7.14. The van der Waals surface area contributed by atoms with E-state index in [9.17, 15) is 0 Å². The number of anilines is 1. The third-order valence-electron chi connectivity index (χ3n) is 4.04. The maximum Gasteiger partial charge on any atom is 0.171 e. The van der Waals surface area contributed by atoms with Gasteiger partial charge in [-0.05, 0) is 74.8 Å². The predicted molar refractivity (Wildman–Crippen MR) is 112 cm³/mol. The molecular weight excluding hydrogens is 344 g/mol. The highest BCUT2D eigenvalue weighted by Crippen LogP contribution is 2.30. The molecular formula is C21H28N2O2S. The van der Waals surface area contributed by atoms with E-state index in [1.54, 1.807) is 0 Å². The standard InChI is InChI=1S/C21H28N2O2S/c1-5-16-8-11-18(12-9-16)23-21(26)22-15(4)17-10-13-19(24-6-2)20(14-17)25-7-3/h8-15H,5-7H2,1-4H3,(H2,22,23,26)/t15-/m1/s1. The Balaban J connectivity index is 2.02. The Labute approximate surface area is 161 Å². The molecule has 0 aliphatic heterocycles. The number of thiocarbonyl (C=S) groups is 1. The van der Waals surface area contributed by atoms with Crippen LogP contribution in [-0.2, 0) is 6.42 Å². The molecule has 0 radical (unpaired) electrons. The molecule has 2 rings (SSSR count). The van der Waals surface area contributed by atoms with Crippen LogP contribution in [0.2, 0.25) is 0 Å². The van der Waals surface area contributed by atoms with Gasteiger partial charge in [0.05, 0.1) is 19.3 Å². The number of hydrogen-bond donors (Lipinski definition) is 2. The third-order valence-corrected chi connectivity index (χ3v) is 4.26. The van der Waals surface area contributed by atoms with Crippen molar-refractivity contribution in [1.29, 1.82) is 0 Å². The third kappa shape index (κ3) is 5.63. The lowest BCUT2D eigenvalue weighted by Crippen LogP contribution is -2.30. The highest BCUT2D eigenvalue weighted by Gasteiger charge is 2.12. The van der Waals surface area contributed by atoms with Gasteiger partial charge >= 0.3 is 0 Å². The SMILES string of the molecule is CCOc1ccc([C@@H](C)NC(=S)Nc2ccc(CC)cc2)cc1OCC. The summed E-state index contributed by atoms with van der Waals surface area (Å²) in [6.45, 7) is 9.35. The number of ether oxygens (including phenoxy) is 2. The van der Waals surface area contributed by atoms with E-state index in [1.807, 2.05) is 44.2 Å². The van der Waals surface area contributed by atoms with Crippen LogP contribution in [0.15, 0.2) is 42.5 Å². The van der Waals surface area contributed by atoms with E-state index in [4.69, 9.17) is 21.7 Å². The normalized spacial score (nSPS) is 11.5. The molecule has 0 saturated heterocycles. The first-order chi connectivity index (χ1) is 12.6. The van der Waals surface area contributed by atoms with Crippen LogP contribution < -0.4 is 20.1 Å². The second-order valence-electron chi connectivity index (χ2n) is 5.94. The molecule has 1 atom stereocenters. The molecule has 0 heterocycles. The number of rotatable bonds is 8. The van der Waals surface area contributed by atoms with Crippen molar-refractivity contribution in [1.82, 2.24) is 5.32 Å². The second-order valence-corrected chi connectivity index (χ2v) is 6.35. The van der Waals surface area contributed by atoms with E-state index in [1.165, 1.54) is 5.56 Å². The molecule has 5 heteroatoms. The smallest absolute Gasteiger partial charge is 0.171 e. The highest BCUT2D eigenvalue weighted by molar-refractivity contribution is 7.80. The summed E-state index contributed by atoms with van der Waals surface area (Å²) in [6, 6.07) is 14.3. The van der Waals surface area contributed by atoms with Crippen molar-refractivity contribution in [2.75, 3.05) is 18.5 Å². The van der Waals surface area contributed by atoms with Crippen molar-refractivity contribution >= 4 is 23.0 Å². The van der Waals surface area contributed by atoms with Crippen molar-refractivity contribution < 1.29 is 9.47 Å². The Morgan fingerprint density at radius 3 is 2.23 bits per heavy atom. The molecule has 2 aromatic carbocycles. The van der Waals surface area contributed by atoms with Crippen LogP contribution >= 0.6 is 12.2 Å². The van der Waals surface area contributed by atoms with Gasteiger partial charge in [-0.1, -0.05) is 25.1 Å². The zero-order chi connectivity index (χ0) is 18.9. The molecule has 0 amide bonds. The van der Waals surface area contributed by atoms with Crippen LogP contribution in [0, 0.1) is 0 Å². The molecule has 0 saturated carbocycles. The van der Waals surface area contributed by atoms with Gasteiger partial charge in [-0.2, -0.15) is 0 Å². The van der Waals surface area contributed by atoms with Crippen LogP contribution in [0.3, 0.4) is 0 Å². The molecule has 2 N–H and O–H groups in total. The fraction of sp³-hybridized carbons (Fsp3) is 0.381. The summed E-state index contributed by atoms with van der Waals surface area (Å²) >= 11 is 5.45. The Kier molecular flexibility index (Phi) is 7.73. The topological polar surface area (TPSA) is 42.5 Å². The second kappa shape index (κ2) is 10.0. The summed E-state index contributed by atoms with van der Waals surface area (Å²) in [4.78, 5) is 0. The largest absolute Gasteiger partial charge is 0.490 e. The van der Waals surface area contributed by atoms with Gasteiger partial charge in [-0.3, -0.25) is 0 Å². The lowest BCUT2D eigenvalue weighted by Gasteiger charge is -2.19. The first kappa shape index (κ1) is 20.0. The van der Waals surface area contributed by atoms with Crippen LogP contribution in [0.1, 0.15) is 44.9 Å². The number of nitrogens with one attached hydrogen (secondary N) is 2. The van der Waals surface area contributed by atoms with E-state index < -0.39 is 0 Å². The van der Waals surface area contributed by atoms with Gasteiger partial charge in [-0.15, -0.1) is 0 Å². The zero-order valence-electron chi connectivity index (χ0n) is 16.0. The first-order valence-electron chi connectivity index (χ1n) is 9.13. The Morgan fingerprint density at radius 2 is 1.62 bits per heavy atom. The van der Waals surface area contributed by atoms with Gasteiger partial charge in [0.2, 0.25) is 0 Å². The Hall–Kier alpha value is -2.27. The molecule has 0 aliphatic rings. The Bertz CT molecular complexity index is 716. The first-order valence-corrected chi connectivity index (χ1v) is 9.54. The summed E-state index contributed by atoms with van der Waals surface area (Å²) < 4.78 is 11.3. The van der Waals surface area contributed by atoms with Gasteiger partial charge in [0, 0.05) is 5.69 Å². The van der Waals surface area contributed by atoms with Crippen molar-refractivity contribution in [3.8, 4) is 11.5 Å². The molecule has 0 fully saturated rings. The van der Waals surface area contributed by atoms with E-state index in [2.05, 4.69) is 36.6 Å². The number of hydrogen-bond acceptors (Lipinski definition) is 3. The minimum Gasteiger partial charge on any atom is -0.490 e. The highest BCUT2D eigenvalue weighted by atomic mass is 32.1. The lowest BCUT2D eigenvalue weighted by atomic mass is 10.1. The zero-order valence-corrected chi connectivity index (χ0v) is 16.8. The number of benzene rings is 2. The van der Waals surface area contributed by atoms with Crippen molar-refractivity contribution in [3.63, 3.8) is 0 Å². The van der Waals surface area contributed by atoms with E-state index in [0.29, 0.717) is 18.3 Å². The summed E-state index contributed by atoms with van der Waals surface area (Å²) in [5.41, 5.74) is 3.37. The fourth-order valence-corrected chi connectivity index (χ4v) is 2.90. The quantitative estimate of drug-likeness (QED) is 0.632. The van der Waals surface area contributed by atoms with Gasteiger partial charge < -0.3 is 20.1 Å². The summed E-state index contributed by atoms with van der Waals surface area (Å²) in [5.74, 6) is 1.52. The molecule has 0 spiro atoms. The fourth-order valence-electron chi connectivity index (χ4n) is 2.61. The predicted octanol–water partition coefficient (Wildman–Crippen LogP) is 5.09. The molecule has 0 unspecified atom stereocenters. The average Bonchev–Trinajstić information content (AvgIpc) is 2.64. The van der Waals surface area contributed by atoms with Crippen LogP contribution in [0.4, 0.5) is 5.69 Å². The number of aryl methyl sites for hydroxylation is 1. The lowest BCUT2D eigenvalue weighted by molar-refractivity contribution is 0.287. The van der Waals surface area contributed by atoms with E-state index in [-0.39, 0.29) is 6.04 Å². The molecule has 0 bridgehead atoms. The maximum atomic E-state index is 5.70. The van der Waals surface area contributed by atoms with Gasteiger partial charge in [0.15, 0.2) is 16.6 Å². The van der Waals surface area contributed by atoms with Crippen LogP contribution in [0.5, 0.6) is 11.5 Å². The Morgan fingerprint density at radius 1 is 0.962 bits per heavy atom. The van der Waals surface area contributed by atoms with E-state index >= 15 is 0 Å². The monoisotopic (exact) mass is 372 g/mol. The molecule has 140 valence electrons. The van der Waals surface area contributed by atoms with Crippen molar-refractivity contribution in [3.05, 3.63) is 53.6 Å². The molecule has 26 heavy (non-hydrogen) atoms. The maximum absolute atomic E-state index is 5.70. The minimum absolute atomic E-state index is 0.0415. The van der Waals surface area contributed by atoms with Gasteiger partial charge in [0.1, 0.15) is 0 Å². The average molecular weight is 373 g/mol. The molecule has 2 aromatic rings. The van der Waals surface area contributed by atoms with Crippen molar-refractivity contribution in [2.24, 2.45) is 0 Å². The molecule has 4 nitrogen and oxygen atoms in total. The molecule has 0 aliphatic carbocycles. The minimum atomic E-state index is 0.0415. The van der Waals surface area contributed by atoms with Crippen LogP contribution in [0.25, 0.3) is 0 Å². The molecule has 0 aromatic heterocycles.